The first-order chi connectivity index (χ1) is 11.6. The average Bonchev–Trinajstić information content (AvgIpc) is 3.37. The fraction of sp³-hybridized carbons (Fsp3) is 0.529. The van der Waals surface area contributed by atoms with Crippen LogP contribution >= 0.6 is 11.6 Å². The van der Waals surface area contributed by atoms with Crippen molar-refractivity contribution >= 4 is 23.5 Å². The van der Waals surface area contributed by atoms with E-state index in [2.05, 4.69) is 15.6 Å². The number of ether oxygens (including phenoxy) is 1. The number of nitrogens with zero attached hydrogens (tertiary/aromatic N) is 2. The lowest BCUT2D eigenvalue weighted by molar-refractivity contribution is -0.119. The Kier molecular flexibility index (Phi) is 7.18. The quantitative estimate of drug-likeness (QED) is 0.554. The molecule has 1 amide bonds. The molecule has 1 saturated carbocycles. The van der Waals surface area contributed by atoms with Gasteiger partial charge in [0.15, 0.2) is 5.96 Å². The minimum Gasteiger partial charge on any atom is -0.492 e. The molecule has 1 aliphatic carbocycles. The molecule has 0 saturated heterocycles. The van der Waals surface area contributed by atoms with Crippen LogP contribution in [0.2, 0.25) is 5.02 Å². The number of rotatable bonds is 8. The van der Waals surface area contributed by atoms with E-state index in [1.807, 2.05) is 31.0 Å². The highest BCUT2D eigenvalue weighted by molar-refractivity contribution is 6.30. The summed E-state index contributed by atoms with van der Waals surface area (Å²) in [6.07, 6.45) is 2.16. The minimum atomic E-state index is -0.0290. The number of aliphatic imine (C=N–C) groups is 1. The monoisotopic (exact) mass is 352 g/mol. The van der Waals surface area contributed by atoms with E-state index >= 15 is 0 Å². The van der Waals surface area contributed by atoms with Gasteiger partial charge in [0, 0.05) is 24.7 Å². The number of hydrogen-bond acceptors (Lipinski definition) is 3. The van der Waals surface area contributed by atoms with Gasteiger partial charge in [-0.1, -0.05) is 11.6 Å². The number of nitrogens with one attached hydrogen (secondary N) is 2. The molecule has 7 heteroatoms. The highest BCUT2D eigenvalue weighted by atomic mass is 35.5. The Morgan fingerprint density at radius 2 is 2.08 bits per heavy atom. The number of hydrogen-bond donors (Lipinski definition) is 2. The smallest absolute Gasteiger partial charge is 0.242 e. The summed E-state index contributed by atoms with van der Waals surface area (Å²) in [5.74, 6) is 1.44. The van der Waals surface area contributed by atoms with E-state index in [0.717, 1.165) is 25.1 Å². The molecule has 1 aromatic carbocycles. The second kappa shape index (κ2) is 9.37. The fourth-order valence-electron chi connectivity index (χ4n) is 2.05. The van der Waals surface area contributed by atoms with Crippen molar-refractivity contribution < 1.29 is 9.53 Å². The number of likely N-dealkylation sites (N-methyl/N-ethyl adjacent to an activating group) is 1. The lowest BCUT2D eigenvalue weighted by Gasteiger charge is -2.22. The van der Waals surface area contributed by atoms with Gasteiger partial charge in [-0.15, -0.1) is 0 Å². The topological polar surface area (TPSA) is 66.0 Å². The molecule has 6 nitrogen and oxygen atoms in total. The van der Waals surface area contributed by atoms with Crippen molar-refractivity contribution in [2.45, 2.75) is 25.8 Å². The van der Waals surface area contributed by atoms with Crippen LogP contribution in [0, 0.1) is 0 Å². The van der Waals surface area contributed by atoms with Gasteiger partial charge in [-0.2, -0.15) is 0 Å². The summed E-state index contributed by atoms with van der Waals surface area (Å²) in [6.45, 7) is 4.04. The molecule has 0 unspecified atom stereocenters. The van der Waals surface area contributed by atoms with Crippen molar-refractivity contribution in [3.63, 3.8) is 0 Å². The van der Waals surface area contributed by atoms with Crippen LogP contribution < -0.4 is 15.4 Å². The number of benzene rings is 1. The molecule has 0 radical (unpaired) electrons. The average molecular weight is 353 g/mol. The summed E-state index contributed by atoms with van der Waals surface area (Å²) < 4.78 is 5.68. The first kappa shape index (κ1) is 18.4. The fourth-order valence-corrected chi connectivity index (χ4v) is 2.18. The molecule has 132 valence electrons. The van der Waals surface area contributed by atoms with Crippen molar-refractivity contribution in [2.75, 3.05) is 33.3 Å². The third-order valence-corrected chi connectivity index (χ3v) is 3.77. The molecule has 1 aliphatic rings. The van der Waals surface area contributed by atoms with Gasteiger partial charge in [-0.25, -0.2) is 4.99 Å². The maximum Gasteiger partial charge on any atom is 0.242 e. The number of carbonyl (C=O) groups excluding carboxylic acids is 1. The van der Waals surface area contributed by atoms with Crippen LogP contribution in [0.25, 0.3) is 0 Å². The van der Waals surface area contributed by atoms with Crippen molar-refractivity contribution in [2.24, 2.45) is 4.99 Å². The summed E-state index contributed by atoms with van der Waals surface area (Å²) in [5, 5.41) is 6.80. The molecule has 1 fully saturated rings. The van der Waals surface area contributed by atoms with Gasteiger partial charge >= 0.3 is 0 Å². The summed E-state index contributed by atoms with van der Waals surface area (Å²) in [5.41, 5.74) is 0. The lowest BCUT2D eigenvalue weighted by atomic mass is 10.3. The summed E-state index contributed by atoms with van der Waals surface area (Å²) in [7, 11) is 1.92. The summed E-state index contributed by atoms with van der Waals surface area (Å²) in [6, 6.07) is 7.63. The van der Waals surface area contributed by atoms with Gasteiger partial charge in [0.1, 0.15) is 18.9 Å². The van der Waals surface area contributed by atoms with Crippen molar-refractivity contribution in [3.8, 4) is 5.75 Å². The molecule has 0 spiro atoms. The van der Waals surface area contributed by atoms with Crippen molar-refractivity contribution in [3.05, 3.63) is 29.3 Å². The van der Waals surface area contributed by atoms with E-state index in [1.165, 1.54) is 0 Å². The molecular formula is C17H25ClN4O2. The first-order valence-corrected chi connectivity index (χ1v) is 8.63. The number of carbonyl (C=O) groups is 1. The molecule has 0 aromatic heterocycles. The van der Waals surface area contributed by atoms with Gasteiger partial charge < -0.3 is 20.3 Å². The van der Waals surface area contributed by atoms with Gasteiger partial charge in [0.2, 0.25) is 5.91 Å². The Morgan fingerprint density at radius 3 is 2.71 bits per heavy atom. The first-order valence-electron chi connectivity index (χ1n) is 8.25. The second-order valence-electron chi connectivity index (χ2n) is 5.74. The van der Waals surface area contributed by atoms with E-state index in [-0.39, 0.29) is 12.5 Å². The largest absolute Gasteiger partial charge is 0.492 e. The Labute approximate surface area is 148 Å². The Balaban J connectivity index is 1.77. The van der Waals surface area contributed by atoms with Crippen LogP contribution in [0.3, 0.4) is 0 Å². The zero-order valence-electron chi connectivity index (χ0n) is 14.2. The van der Waals surface area contributed by atoms with Gasteiger partial charge in [0.05, 0.1) is 6.54 Å². The van der Waals surface area contributed by atoms with Gasteiger partial charge in [-0.05, 0) is 44.0 Å². The summed E-state index contributed by atoms with van der Waals surface area (Å²) >= 11 is 5.85. The zero-order valence-corrected chi connectivity index (χ0v) is 15.0. The molecule has 0 bridgehead atoms. The van der Waals surface area contributed by atoms with Crippen LogP contribution in [0.1, 0.15) is 19.8 Å². The van der Waals surface area contributed by atoms with Crippen LogP contribution in [0.4, 0.5) is 0 Å². The maximum absolute atomic E-state index is 11.8. The Hall–Kier alpha value is -1.95. The van der Waals surface area contributed by atoms with E-state index in [4.69, 9.17) is 16.3 Å². The number of amides is 1. The molecular weight excluding hydrogens is 328 g/mol. The lowest BCUT2D eigenvalue weighted by Crippen LogP contribution is -2.41. The molecule has 0 heterocycles. The third kappa shape index (κ3) is 6.66. The third-order valence-electron chi connectivity index (χ3n) is 3.52. The number of guanidine groups is 1. The normalized spacial score (nSPS) is 14.2. The predicted molar refractivity (Wildman–Crippen MR) is 96.7 cm³/mol. The van der Waals surface area contributed by atoms with Crippen LogP contribution in [-0.4, -0.2) is 56.1 Å². The van der Waals surface area contributed by atoms with Crippen LogP contribution in [-0.2, 0) is 4.79 Å². The highest BCUT2D eigenvalue weighted by Gasteiger charge is 2.22. The molecule has 0 atom stereocenters. The van der Waals surface area contributed by atoms with Crippen molar-refractivity contribution in [1.29, 1.82) is 0 Å². The molecule has 2 rings (SSSR count). The van der Waals surface area contributed by atoms with Gasteiger partial charge in [-0.3, -0.25) is 4.79 Å². The predicted octanol–water partition coefficient (Wildman–Crippen LogP) is 1.89. The van der Waals surface area contributed by atoms with E-state index in [0.29, 0.717) is 30.2 Å². The summed E-state index contributed by atoms with van der Waals surface area (Å²) in [4.78, 5) is 18.1. The second-order valence-corrected chi connectivity index (χ2v) is 6.17. The number of halogens is 1. The van der Waals surface area contributed by atoms with Crippen LogP contribution in [0.5, 0.6) is 5.75 Å². The molecule has 1 aromatic rings. The zero-order chi connectivity index (χ0) is 17.4. The van der Waals surface area contributed by atoms with Crippen LogP contribution in [0.15, 0.2) is 29.3 Å². The van der Waals surface area contributed by atoms with E-state index < -0.39 is 0 Å². The minimum absolute atomic E-state index is 0.0290. The Bertz CT molecular complexity index is 558. The van der Waals surface area contributed by atoms with Crippen molar-refractivity contribution in [1.82, 2.24) is 15.5 Å². The maximum atomic E-state index is 11.8. The Morgan fingerprint density at radius 1 is 1.38 bits per heavy atom. The van der Waals surface area contributed by atoms with E-state index in [9.17, 15) is 4.79 Å². The SMILES string of the molecule is CCNC(=NCC(=O)NC1CC1)N(C)CCOc1ccc(Cl)cc1. The molecule has 24 heavy (non-hydrogen) atoms. The van der Waals surface area contributed by atoms with Gasteiger partial charge in [0.25, 0.3) is 0 Å². The molecule has 0 aliphatic heterocycles. The molecule has 2 N–H and O–H groups in total. The standard InChI is InChI=1S/C17H25ClN4O2/c1-3-19-17(20-12-16(23)21-14-6-7-14)22(2)10-11-24-15-8-4-13(18)5-9-15/h4-5,8-9,14H,3,6-7,10-12H2,1-2H3,(H,19,20)(H,21,23). The van der Waals surface area contributed by atoms with E-state index in [1.54, 1.807) is 12.1 Å². The highest BCUT2D eigenvalue weighted by Crippen LogP contribution is 2.18.